The van der Waals surface area contributed by atoms with Gasteiger partial charge < -0.3 is 15.0 Å². The lowest BCUT2D eigenvalue weighted by atomic mass is 10.1. The second-order valence-corrected chi connectivity index (χ2v) is 4.31. The highest BCUT2D eigenvalue weighted by Crippen LogP contribution is 2.17. The molecule has 0 radical (unpaired) electrons. The van der Waals surface area contributed by atoms with E-state index in [-0.39, 0.29) is 18.9 Å². The first-order valence-electron chi connectivity index (χ1n) is 6.29. The minimum Gasteiger partial charge on any atom is -0.395 e. The van der Waals surface area contributed by atoms with Crippen LogP contribution in [-0.4, -0.2) is 27.2 Å². The number of carbonyl (C=O) groups is 1. The Morgan fingerprint density at radius 1 is 1.52 bits per heavy atom. The van der Waals surface area contributed by atoms with E-state index in [0.29, 0.717) is 16.9 Å². The van der Waals surface area contributed by atoms with Crippen molar-refractivity contribution in [1.82, 2.24) is 9.55 Å². The molecule has 1 amide bonds. The summed E-state index contributed by atoms with van der Waals surface area (Å²) in [7, 11) is 1.70. The summed E-state index contributed by atoms with van der Waals surface area (Å²) >= 11 is 0. The predicted molar refractivity (Wildman–Crippen MR) is 76.1 cm³/mol. The molecule has 0 aliphatic rings. The standard InChI is InChI=1S/C15H14FN3O2/c1-19-10-17-9-14(19)15(21)18-13-6-5-12(16)8-11(13)4-2-3-7-20/h5-6,8-10,20H,3,7H2,1H3,(H,18,21). The molecule has 0 fully saturated rings. The van der Waals surface area contributed by atoms with Gasteiger partial charge in [-0.1, -0.05) is 11.8 Å². The van der Waals surface area contributed by atoms with Gasteiger partial charge in [0.1, 0.15) is 11.5 Å². The van der Waals surface area contributed by atoms with Crippen LogP contribution in [0.5, 0.6) is 0 Å². The van der Waals surface area contributed by atoms with Gasteiger partial charge in [0.2, 0.25) is 0 Å². The average Bonchev–Trinajstić information content (AvgIpc) is 2.88. The van der Waals surface area contributed by atoms with Crippen molar-refractivity contribution >= 4 is 11.6 Å². The lowest BCUT2D eigenvalue weighted by Crippen LogP contribution is -2.16. The van der Waals surface area contributed by atoms with Crippen LogP contribution < -0.4 is 5.32 Å². The number of carbonyl (C=O) groups excluding carboxylic acids is 1. The second kappa shape index (κ2) is 6.68. The van der Waals surface area contributed by atoms with Crippen molar-refractivity contribution in [2.75, 3.05) is 11.9 Å². The number of aromatic nitrogens is 2. The van der Waals surface area contributed by atoms with Crippen LogP contribution in [0, 0.1) is 17.7 Å². The third kappa shape index (κ3) is 3.68. The molecular weight excluding hydrogens is 273 g/mol. The van der Waals surface area contributed by atoms with Gasteiger partial charge in [0.15, 0.2) is 0 Å². The summed E-state index contributed by atoms with van der Waals surface area (Å²) in [5, 5.41) is 11.4. The fourth-order valence-electron chi connectivity index (χ4n) is 1.70. The van der Waals surface area contributed by atoms with E-state index in [1.165, 1.54) is 30.7 Å². The van der Waals surface area contributed by atoms with Gasteiger partial charge in [-0.25, -0.2) is 9.37 Å². The fraction of sp³-hybridized carbons (Fsp3) is 0.200. The molecule has 2 N–H and O–H groups in total. The number of halogens is 1. The van der Waals surface area contributed by atoms with Crippen LogP contribution in [0.15, 0.2) is 30.7 Å². The number of hydrogen-bond donors (Lipinski definition) is 2. The van der Waals surface area contributed by atoms with Crippen LogP contribution >= 0.6 is 0 Å². The number of imidazole rings is 1. The van der Waals surface area contributed by atoms with Crippen LogP contribution in [0.4, 0.5) is 10.1 Å². The van der Waals surface area contributed by atoms with Gasteiger partial charge in [-0.2, -0.15) is 0 Å². The summed E-state index contributed by atoms with van der Waals surface area (Å²) in [5.74, 6) is 4.64. The lowest BCUT2D eigenvalue weighted by Gasteiger charge is -2.08. The van der Waals surface area contributed by atoms with Crippen LogP contribution in [0.25, 0.3) is 0 Å². The normalized spacial score (nSPS) is 9.86. The third-order valence-corrected chi connectivity index (χ3v) is 2.74. The van der Waals surface area contributed by atoms with E-state index in [0.717, 1.165) is 0 Å². The molecule has 0 bridgehead atoms. The van der Waals surface area contributed by atoms with E-state index in [1.54, 1.807) is 11.6 Å². The summed E-state index contributed by atoms with van der Waals surface area (Å²) in [6.45, 7) is -0.0704. The number of nitrogens with one attached hydrogen (secondary N) is 1. The Hall–Kier alpha value is -2.65. The SMILES string of the molecule is Cn1cncc1C(=O)Nc1ccc(F)cc1C#CCCO. The van der Waals surface area contributed by atoms with Crippen molar-refractivity contribution in [3.8, 4) is 11.8 Å². The number of benzene rings is 1. The van der Waals surface area contributed by atoms with Crippen molar-refractivity contribution in [2.45, 2.75) is 6.42 Å². The molecule has 0 atom stereocenters. The van der Waals surface area contributed by atoms with Gasteiger partial charge in [-0.15, -0.1) is 0 Å². The van der Waals surface area contributed by atoms with Crippen molar-refractivity contribution < 1.29 is 14.3 Å². The number of nitrogens with zero attached hydrogens (tertiary/aromatic N) is 2. The molecule has 0 saturated heterocycles. The van der Waals surface area contributed by atoms with Crippen LogP contribution in [0.3, 0.4) is 0 Å². The maximum absolute atomic E-state index is 13.3. The molecule has 0 unspecified atom stereocenters. The third-order valence-electron chi connectivity index (χ3n) is 2.74. The smallest absolute Gasteiger partial charge is 0.273 e. The van der Waals surface area contributed by atoms with Gasteiger partial charge in [0.25, 0.3) is 5.91 Å². The zero-order chi connectivity index (χ0) is 15.2. The number of anilines is 1. The Labute approximate surface area is 121 Å². The Kier molecular flexibility index (Phi) is 4.69. The van der Waals surface area contributed by atoms with Gasteiger partial charge in [0.05, 0.1) is 30.4 Å². The molecular formula is C15H14FN3O2. The molecule has 2 rings (SSSR count). The predicted octanol–water partition coefficient (Wildman–Crippen LogP) is 1.55. The quantitative estimate of drug-likeness (QED) is 0.842. The first kappa shape index (κ1) is 14.8. The Morgan fingerprint density at radius 2 is 2.33 bits per heavy atom. The van der Waals surface area contributed by atoms with Gasteiger partial charge in [0, 0.05) is 13.5 Å². The van der Waals surface area contributed by atoms with Gasteiger partial charge in [-0.05, 0) is 18.2 Å². The Morgan fingerprint density at radius 3 is 3.00 bits per heavy atom. The minimum absolute atomic E-state index is 0.0704. The van der Waals surface area contributed by atoms with Gasteiger partial charge >= 0.3 is 0 Å². The van der Waals surface area contributed by atoms with E-state index in [1.807, 2.05) is 0 Å². The molecule has 6 heteroatoms. The lowest BCUT2D eigenvalue weighted by molar-refractivity contribution is 0.101. The van der Waals surface area contributed by atoms with E-state index < -0.39 is 5.82 Å². The number of hydrogen-bond acceptors (Lipinski definition) is 3. The molecule has 0 aliphatic heterocycles. The molecule has 1 aromatic heterocycles. The molecule has 0 aliphatic carbocycles. The maximum Gasteiger partial charge on any atom is 0.273 e. The highest BCUT2D eigenvalue weighted by molar-refractivity contribution is 6.03. The Bertz CT molecular complexity index is 713. The number of rotatable bonds is 3. The first-order valence-corrected chi connectivity index (χ1v) is 6.29. The highest BCUT2D eigenvalue weighted by atomic mass is 19.1. The second-order valence-electron chi connectivity index (χ2n) is 4.31. The number of aliphatic hydroxyl groups is 1. The molecule has 108 valence electrons. The summed E-state index contributed by atoms with van der Waals surface area (Å²) in [5.41, 5.74) is 1.15. The van der Waals surface area contributed by atoms with Crippen LogP contribution in [0.2, 0.25) is 0 Å². The minimum atomic E-state index is -0.443. The topological polar surface area (TPSA) is 67.2 Å². The van der Waals surface area contributed by atoms with E-state index in [9.17, 15) is 9.18 Å². The first-order chi connectivity index (χ1) is 10.1. The molecule has 2 aromatic rings. The Balaban J connectivity index is 2.26. The zero-order valence-corrected chi connectivity index (χ0v) is 11.4. The van der Waals surface area contributed by atoms with E-state index in [4.69, 9.17) is 5.11 Å². The van der Waals surface area contributed by atoms with Crippen molar-refractivity contribution in [3.05, 3.63) is 47.8 Å². The van der Waals surface area contributed by atoms with Crippen LogP contribution in [0.1, 0.15) is 22.5 Å². The number of amides is 1. The molecule has 0 saturated carbocycles. The average molecular weight is 287 g/mol. The summed E-state index contributed by atoms with van der Waals surface area (Å²) in [6.07, 6.45) is 3.24. The van der Waals surface area contributed by atoms with Crippen LogP contribution in [-0.2, 0) is 7.05 Å². The molecule has 21 heavy (non-hydrogen) atoms. The molecule has 1 aromatic carbocycles. The largest absolute Gasteiger partial charge is 0.395 e. The summed E-state index contributed by atoms with van der Waals surface area (Å²) < 4.78 is 14.9. The van der Waals surface area contributed by atoms with E-state index >= 15 is 0 Å². The number of aryl methyl sites for hydroxylation is 1. The zero-order valence-electron chi connectivity index (χ0n) is 11.4. The van der Waals surface area contributed by atoms with E-state index in [2.05, 4.69) is 22.1 Å². The van der Waals surface area contributed by atoms with Gasteiger partial charge in [-0.3, -0.25) is 4.79 Å². The monoisotopic (exact) mass is 287 g/mol. The van der Waals surface area contributed by atoms with Crippen molar-refractivity contribution in [1.29, 1.82) is 0 Å². The molecule has 0 spiro atoms. The fourth-order valence-corrected chi connectivity index (χ4v) is 1.70. The summed E-state index contributed by atoms with van der Waals surface area (Å²) in [6, 6.07) is 3.94. The summed E-state index contributed by atoms with van der Waals surface area (Å²) in [4.78, 5) is 16.0. The molecule has 5 nitrogen and oxygen atoms in total. The van der Waals surface area contributed by atoms with Crippen molar-refractivity contribution in [2.24, 2.45) is 7.05 Å². The highest BCUT2D eigenvalue weighted by Gasteiger charge is 2.12. The van der Waals surface area contributed by atoms with Crippen molar-refractivity contribution in [3.63, 3.8) is 0 Å². The number of aliphatic hydroxyl groups excluding tert-OH is 1. The molecule has 1 heterocycles. The maximum atomic E-state index is 13.3.